The number of nitrogens with zero attached hydrogens (tertiary/aromatic N) is 3. The monoisotopic (exact) mass is 345 g/mol. The van der Waals surface area contributed by atoms with E-state index in [1.807, 2.05) is 40.3 Å². The van der Waals surface area contributed by atoms with E-state index in [0.29, 0.717) is 13.0 Å². The molecule has 128 valence electrons. The Hall–Kier alpha value is -1.66. The number of thiophene rings is 1. The fourth-order valence-corrected chi connectivity index (χ4v) is 4.12. The molecule has 0 radical (unpaired) electrons. The molecule has 1 aliphatic carbocycles. The first-order valence-corrected chi connectivity index (χ1v) is 9.50. The summed E-state index contributed by atoms with van der Waals surface area (Å²) in [6.07, 6.45) is 5.85. The van der Waals surface area contributed by atoms with Crippen LogP contribution in [0.1, 0.15) is 35.0 Å². The van der Waals surface area contributed by atoms with Crippen molar-refractivity contribution in [1.29, 1.82) is 0 Å². The Kier molecular flexibility index (Phi) is 4.41. The number of aryl methyl sites for hydroxylation is 1. The van der Waals surface area contributed by atoms with Gasteiger partial charge in [0.15, 0.2) is 0 Å². The Balaban J connectivity index is 1.52. The van der Waals surface area contributed by atoms with Gasteiger partial charge in [-0.15, -0.1) is 11.3 Å². The second-order valence-electron chi connectivity index (χ2n) is 6.77. The maximum Gasteiger partial charge on any atom is 0.228 e. The maximum atomic E-state index is 12.9. The van der Waals surface area contributed by atoms with Crippen molar-refractivity contribution in [3.8, 4) is 0 Å². The number of amides is 1. The highest BCUT2D eigenvalue weighted by atomic mass is 32.1. The van der Waals surface area contributed by atoms with Crippen molar-refractivity contribution in [3.05, 3.63) is 39.8 Å². The van der Waals surface area contributed by atoms with Gasteiger partial charge in [0, 0.05) is 25.1 Å². The fraction of sp³-hybridized carbons (Fsp3) is 0.556. The summed E-state index contributed by atoms with van der Waals surface area (Å²) < 4.78 is 7.87. The van der Waals surface area contributed by atoms with E-state index >= 15 is 0 Å². The summed E-state index contributed by atoms with van der Waals surface area (Å²) in [5.41, 5.74) is 2.38. The highest BCUT2D eigenvalue weighted by Crippen LogP contribution is 2.32. The zero-order valence-corrected chi connectivity index (χ0v) is 14.8. The molecule has 2 aromatic heterocycles. The summed E-state index contributed by atoms with van der Waals surface area (Å²) in [6.45, 7) is 2.14. The van der Waals surface area contributed by atoms with Gasteiger partial charge in [0.2, 0.25) is 5.91 Å². The lowest BCUT2D eigenvalue weighted by atomic mass is 9.99. The van der Waals surface area contributed by atoms with Crippen LogP contribution in [0.3, 0.4) is 0 Å². The third-order valence-electron chi connectivity index (χ3n) is 4.93. The summed E-state index contributed by atoms with van der Waals surface area (Å²) in [4.78, 5) is 16.0. The molecular weight excluding hydrogens is 322 g/mol. The van der Waals surface area contributed by atoms with Gasteiger partial charge in [0.05, 0.1) is 31.0 Å². The standard InChI is InChI=1S/C18H23N3O2S/c1-20-18-14(10-19-20)6-7-21(16(18)12-23-11-13-4-5-13)17(22)9-15-3-2-8-24-15/h2-3,8,10,13,16H,4-7,9,11-12H2,1H3/t16-/m0/s1. The number of fused-ring (bicyclic) bond motifs is 1. The fourth-order valence-electron chi connectivity index (χ4n) is 3.42. The van der Waals surface area contributed by atoms with E-state index in [1.54, 1.807) is 11.3 Å². The van der Waals surface area contributed by atoms with Crippen LogP contribution in [0, 0.1) is 5.92 Å². The highest BCUT2D eigenvalue weighted by molar-refractivity contribution is 7.10. The van der Waals surface area contributed by atoms with E-state index in [4.69, 9.17) is 4.74 Å². The molecule has 24 heavy (non-hydrogen) atoms. The van der Waals surface area contributed by atoms with Gasteiger partial charge in [-0.05, 0) is 42.2 Å². The molecule has 0 saturated heterocycles. The normalized spacial score (nSPS) is 20.2. The second kappa shape index (κ2) is 6.69. The van der Waals surface area contributed by atoms with E-state index < -0.39 is 0 Å². The van der Waals surface area contributed by atoms with Crippen molar-refractivity contribution in [2.45, 2.75) is 31.7 Å². The lowest BCUT2D eigenvalue weighted by Gasteiger charge is -2.36. The minimum atomic E-state index is -0.0209. The summed E-state index contributed by atoms with van der Waals surface area (Å²) >= 11 is 1.64. The molecule has 4 rings (SSSR count). The number of rotatable bonds is 6. The first-order valence-electron chi connectivity index (χ1n) is 8.62. The van der Waals surface area contributed by atoms with Crippen LogP contribution in [0.15, 0.2) is 23.7 Å². The zero-order chi connectivity index (χ0) is 16.5. The molecule has 1 saturated carbocycles. The lowest BCUT2D eigenvalue weighted by molar-refractivity contribution is -0.135. The van der Waals surface area contributed by atoms with Crippen molar-refractivity contribution in [2.75, 3.05) is 19.8 Å². The van der Waals surface area contributed by atoms with Crippen LogP contribution < -0.4 is 0 Å². The summed E-state index contributed by atoms with van der Waals surface area (Å²) in [7, 11) is 1.96. The largest absolute Gasteiger partial charge is 0.379 e. The molecule has 3 heterocycles. The van der Waals surface area contributed by atoms with Gasteiger partial charge in [0.25, 0.3) is 0 Å². The van der Waals surface area contributed by atoms with Crippen molar-refractivity contribution >= 4 is 17.2 Å². The molecule has 1 atom stereocenters. The molecule has 0 bridgehead atoms. The number of hydrogen-bond donors (Lipinski definition) is 0. The second-order valence-corrected chi connectivity index (χ2v) is 7.80. The SMILES string of the molecule is Cn1ncc2c1[C@H](COCC1CC1)N(C(=O)Cc1cccs1)CC2. The molecule has 0 spiro atoms. The van der Waals surface area contributed by atoms with Gasteiger partial charge in [-0.1, -0.05) is 6.07 Å². The van der Waals surface area contributed by atoms with Crippen molar-refractivity contribution in [1.82, 2.24) is 14.7 Å². The van der Waals surface area contributed by atoms with Gasteiger partial charge < -0.3 is 9.64 Å². The average Bonchev–Trinajstić information content (AvgIpc) is 3.11. The Morgan fingerprint density at radius 3 is 3.04 bits per heavy atom. The first kappa shape index (κ1) is 15.8. The van der Waals surface area contributed by atoms with Gasteiger partial charge >= 0.3 is 0 Å². The van der Waals surface area contributed by atoms with Gasteiger partial charge in [-0.3, -0.25) is 9.48 Å². The quantitative estimate of drug-likeness (QED) is 0.808. The number of carbonyl (C=O) groups is 1. The molecule has 0 aromatic carbocycles. The Bertz CT molecular complexity index is 706. The Morgan fingerprint density at radius 1 is 1.42 bits per heavy atom. The van der Waals surface area contributed by atoms with Crippen LogP contribution in [0.2, 0.25) is 0 Å². The molecule has 0 N–H and O–H groups in total. The average molecular weight is 345 g/mol. The zero-order valence-electron chi connectivity index (χ0n) is 14.0. The summed E-state index contributed by atoms with van der Waals surface area (Å²) in [5.74, 6) is 0.916. The molecule has 5 nitrogen and oxygen atoms in total. The minimum Gasteiger partial charge on any atom is -0.379 e. The van der Waals surface area contributed by atoms with Gasteiger partial charge in [0.1, 0.15) is 0 Å². The first-order chi connectivity index (χ1) is 11.7. The van der Waals surface area contributed by atoms with E-state index in [1.165, 1.54) is 18.4 Å². The highest BCUT2D eigenvalue weighted by Gasteiger charge is 2.34. The lowest BCUT2D eigenvalue weighted by Crippen LogP contribution is -2.43. The third-order valence-corrected chi connectivity index (χ3v) is 5.81. The van der Waals surface area contributed by atoms with Crippen LogP contribution >= 0.6 is 11.3 Å². The predicted octanol–water partition coefficient (Wildman–Crippen LogP) is 2.58. The van der Waals surface area contributed by atoms with E-state index in [2.05, 4.69) is 5.10 Å². The number of ether oxygens (including phenoxy) is 1. The van der Waals surface area contributed by atoms with Gasteiger partial charge in [-0.2, -0.15) is 5.10 Å². The third kappa shape index (κ3) is 3.26. The van der Waals surface area contributed by atoms with Gasteiger partial charge in [-0.25, -0.2) is 0 Å². The summed E-state index contributed by atoms with van der Waals surface area (Å²) in [5, 5.41) is 6.42. The number of aromatic nitrogens is 2. The van der Waals surface area contributed by atoms with Crippen LogP contribution in [0.5, 0.6) is 0 Å². The molecule has 1 aliphatic heterocycles. The number of hydrogen-bond acceptors (Lipinski definition) is 4. The molecule has 6 heteroatoms. The van der Waals surface area contributed by atoms with E-state index in [-0.39, 0.29) is 11.9 Å². The van der Waals surface area contributed by atoms with Crippen molar-refractivity contribution < 1.29 is 9.53 Å². The van der Waals surface area contributed by atoms with E-state index in [0.717, 1.165) is 36.1 Å². The van der Waals surface area contributed by atoms with Crippen molar-refractivity contribution in [2.24, 2.45) is 13.0 Å². The van der Waals surface area contributed by atoms with Crippen LogP contribution in [-0.4, -0.2) is 40.3 Å². The minimum absolute atomic E-state index is 0.0209. The topological polar surface area (TPSA) is 47.4 Å². The van der Waals surface area contributed by atoms with Crippen molar-refractivity contribution in [3.63, 3.8) is 0 Å². The number of carbonyl (C=O) groups excluding carboxylic acids is 1. The van der Waals surface area contributed by atoms with Crippen LogP contribution in [0.25, 0.3) is 0 Å². The van der Waals surface area contributed by atoms with Crippen LogP contribution in [0.4, 0.5) is 0 Å². The Labute approximate surface area is 146 Å². The van der Waals surface area contributed by atoms with Crippen LogP contribution in [-0.2, 0) is 29.4 Å². The predicted molar refractivity (Wildman–Crippen MR) is 92.9 cm³/mol. The molecule has 2 aromatic rings. The molecule has 1 amide bonds. The molecular formula is C18H23N3O2S. The summed E-state index contributed by atoms with van der Waals surface area (Å²) in [6, 6.07) is 4.01. The molecule has 1 fully saturated rings. The maximum absolute atomic E-state index is 12.9. The molecule has 0 unspecified atom stereocenters. The van der Waals surface area contributed by atoms with E-state index in [9.17, 15) is 4.79 Å². The Morgan fingerprint density at radius 2 is 2.29 bits per heavy atom. The molecule has 2 aliphatic rings. The smallest absolute Gasteiger partial charge is 0.228 e.